The highest BCUT2D eigenvalue weighted by Crippen LogP contribution is 2.28. The van der Waals surface area contributed by atoms with Gasteiger partial charge < -0.3 is 26.8 Å². The van der Waals surface area contributed by atoms with Crippen LogP contribution in [0, 0.1) is 11.8 Å². The van der Waals surface area contributed by atoms with Crippen LogP contribution >= 0.6 is 0 Å². The Hall–Kier alpha value is -2.65. The molecule has 1 aliphatic rings. The van der Waals surface area contributed by atoms with E-state index in [1.54, 1.807) is 0 Å². The van der Waals surface area contributed by atoms with Crippen molar-refractivity contribution in [3.63, 3.8) is 0 Å². The summed E-state index contributed by atoms with van der Waals surface area (Å²) in [6, 6.07) is -1.30. The van der Waals surface area contributed by atoms with Gasteiger partial charge in [-0.1, -0.05) is 13.8 Å². The van der Waals surface area contributed by atoms with Gasteiger partial charge in [-0.05, 0) is 39.0 Å². The molecule has 3 atom stereocenters. The van der Waals surface area contributed by atoms with E-state index in [4.69, 9.17) is 16.2 Å². The monoisotopic (exact) mass is 384 g/mol. The summed E-state index contributed by atoms with van der Waals surface area (Å²) < 4.78 is 4.81. The zero-order valence-electron chi connectivity index (χ0n) is 16.0. The second-order valence-corrected chi connectivity index (χ2v) is 7.85. The van der Waals surface area contributed by atoms with E-state index in [2.05, 4.69) is 10.6 Å². The van der Waals surface area contributed by atoms with Gasteiger partial charge in [0.2, 0.25) is 11.7 Å². The molecular weight excluding hydrogens is 356 g/mol. The van der Waals surface area contributed by atoms with Crippen LogP contribution in [-0.2, 0) is 23.9 Å². The second-order valence-electron chi connectivity index (χ2n) is 7.85. The molecule has 0 aliphatic carbocycles. The average Bonchev–Trinajstić information content (AvgIpc) is 2.76. The Balaban J connectivity index is 2.94. The minimum Gasteiger partial charge on any atom is -0.436 e. The van der Waals surface area contributed by atoms with Gasteiger partial charge in [0, 0.05) is 11.5 Å². The molecular formula is C17H28N4O6. The molecule has 6 N–H and O–H groups in total. The van der Waals surface area contributed by atoms with Crippen LogP contribution in [0.2, 0.25) is 0 Å². The zero-order chi connectivity index (χ0) is 20.9. The summed E-state index contributed by atoms with van der Waals surface area (Å²) in [6.07, 6.45) is -1.85. The number of hydrogen-bond acceptors (Lipinski definition) is 6. The van der Waals surface area contributed by atoms with Crippen molar-refractivity contribution < 1.29 is 28.7 Å². The summed E-state index contributed by atoms with van der Waals surface area (Å²) in [5.74, 6) is -3.89. The fourth-order valence-corrected chi connectivity index (χ4v) is 3.12. The Kier molecular flexibility index (Phi) is 7.32. The lowest BCUT2D eigenvalue weighted by Crippen LogP contribution is -2.51. The first kappa shape index (κ1) is 22.4. The lowest BCUT2D eigenvalue weighted by Gasteiger charge is -2.23. The lowest BCUT2D eigenvalue weighted by atomic mass is 9.90. The van der Waals surface area contributed by atoms with Gasteiger partial charge in [0.15, 0.2) is 6.10 Å². The average molecular weight is 384 g/mol. The number of ketones is 1. The lowest BCUT2D eigenvalue weighted by molar-refractivity contribution is -0.140. The van der Waals surface area contributed by atoms with Gasteiger partial charge in [-0.3, -0.25) is 19.2 Å². The number of nitrogens with two attached hydrogens (primary N) is 2. The van der Waals surface area contributed by atoms with Crippen LogP contribution in [0.15, 0.2) is 0 Å². The third kappa shape index (κ3) is 6.87. The van der Waals surface area contributed by atoms with Gasteiger partial charge in [0.05, 0.1) is 6.04 Å². The van der Waals surface area contributed by atoms with E-state index in [-0.39, 0.29) is 24.7 Å². The molecule has 0 aromatic carbocycles. The molecule has 0 saturated carbocycles. The summed E-state index contributed by atoms with van der Waals surface area (Å²) >= 11 is 0. The molecule has 152 valence electrons. The van der Waals surface area contributed by atoms with E-state index in [0.717, 1.165) is 0 Å². The van der Waals surface area contributed by atoms with Crippen molar-refractivity contribution in [1.29, 1.82) is 0 Å². The normalized spacial score (nSPS) is 20.5. The Morgan fingerprint density at radius 3 is 2.26 bits per heavy atom. The quantitative estimate of drug-likeness (QED) is 0.384. The molecule has 0 aromatic rings. The van der Waals surface area contributed by atoms with E-state index in [9.17, 15) is 24.0 Å². The van der Waals surface area contributed by atoms with Crippen LogP contribution in [0.5, 0.6) is 0 Å². The highest BCUT2D eigenvalue weighted by molar-refractivity contribution is 6.37. The highest BCUT2D eigenvalue weighted by Gasteiger charge is 2.41. The largest absolute Gasteiger partial charge is 0.436 e. The number of primary amides is 2. The van der Waals surface area contributed by atoms with Crippen LogP contribution < -0.4 is 22.1 Å². The number of ether oxygens (including phenoxy) is 1. The fraction of sp³-hybridized carbons (Fsp3) is 0.706. The summed E-state index contributed by atoms with van der Waals surface area (Å²) in [4.78, 5) is 59.1. The standard InChI is InChI=1S/C17H28N4O6/c1-8(2)5-11(27-16(19)26)15(25)20-10(12(22)13(18)23)6-9-7-17(3,4)21-14(9)24/h8-11H,5-7H2,1-4H3,(H2,18,23)(H2,19,26)(H,20,25)(H,21,24)/t9?,10?,11-/m0/s1. The molecule has 0 bridgehead atoms. The smallest absolute Gasteiger partial charge is 0.405 e. The van der Waals surface area contributed by atoms with E-state index in [1.807, 2.05) is 27.7 Å². The van der Waals surface area contributed by atoms with Crippen LogP contribution in [0.3, 0.4) is 0 Å². The maximum absolute atomic E-state index is 12.5. The Bertz CT molecular complexity index is 631. The van der Waals surface area contributed by atoms with Crippen molar-refractivity contribution in [2.75, 3.05) is 0 Å². The first-order chi connectivity index (χ1) is 12.3. The summed E-state index contributed by atoms with van der Waals surface area (Å²) in [5, 5.41) is 5.16. The maximum atomic E-state index is 12.5. The number of Topliss-reactive ketones (excluding diaryl/α,β-unsaturated/α-hetero) is 1. The van der Waals surface area contributed by atoms with Crippen LogP contribution in [0.1, 0.15) is 47.0 Å². The van der Waals surface area contributed by atoms with E-state index in [0.29, 0.717) is 6.42 Å². The van der Waals surface area contributed by atoms with Crippen molar-refractivity contribution in [3.8, 4) is 0 Å². The molecule has 1 rings (SSSR count). The molecule has 1 heterocycles. The molecule has 0 aromatic heterocycles. The van der Waals surface area contributed by atoms with Gasteiger partial charge in [-0.25, -0.2) is 4.79 Å². The SMILES string of the molecule is CC(C)C[C@H](OC(N)=O)C(=O)NC(CC1CC(C)(C)NC1=O)C(=O)C(N)=O. The molecule has 4 amide bonds. The predicted molar refractivity (Wildman–Crippen MR) is 95.0 cm³/mol. The minimum atomic E-state index is -1.30. The Morgan fingerprint density at radius 1 is 1.26 bits per heavy atom. The number of nitrogens with one attached hydrogen (secondary N) is 2. The van der Waals surface area contributed by atoms with Crippen LogP contribution in [-0.4, -0.2) is 47.3 Å². The van der Waals surface area contributed by atoms with Crippen molar-refractivity contribution in [2.24, 2.45) is 23.3 Å². The van der Waals surface area contributed by atoms with Crippen molar-refractivity contribution in [1.82, 2.24) is 10.6 Å². The maximum Gasteiger partial charge on any atom is 0.405 e. The molecule has 27 heavy (non-hydrogen) atoms. The summed E-state index contributed by atoms with van der Waals surface area (Å²) in [5.41, 5.74) is 9.60. The van der Waals surface area contributed by atoms with Crippen molar-refractivity contribution in [2.45, 2.75) is 64.6 Å². The Labute approximate surface area is 157 Å². The number of carbonyl (C=O) groups excluding carboxylic acids is 5. The zero-order valence-corrected chi connectivity index (χ0v) is 16.0. The molecule has 10 nitrogen and oxygen atoms in total. The topological polar surface area (TPSA) is 171 Å². The third-order valence-electron chi connectivity index (χ3n) is 4.22. The van der Waals surface area contributed by atoms with E-state index >= 15 is 0 Å². The van der Waals surface area contributed by atoms with Crippen LogP contribution in [0.25, 0.3) is 0 Å². The predicted octanol–water partition coefficient (Wildman–Crippen LogP) is -0.660. The Morgan fingerprint density at radius 2 is 1.85 bits per heavy atom. The molecule has 10 heteroatoms. The van der Waals surface area contributed by atoms with Crippen LogP contribution in [0.4, 0.5) is 4.79 Å². The number of amides is 4. The molecule has 1 saturated heterocycles. The highest BCUT2D eigenvalue weighted by atomic mass is 16.6. The van der Waals surface area contributed by atoms with E-state index < -0.39 is 47.3 Å². The number of hydrogen-bond donors (Lipinski definition) is 4. The van der Waals surface area contributed by atoms with Gasteiger partial charge in [-0.15, -0.1) is 0 Å². The van der Waals surface area contributed by atoms with Gasteiger partial charge >= 0.3 is 6.09 Å². The minimum absolute atomic E-state index is 0.00759. The number of rotatable bonds is 9. The summed E-state index contributed by atoms with van der Waals surface area (Å²) in [7, 11) is 0. The van der Waals surface area contributed by atoms with E-state index in [1.165, 1.54) is 0 Å². The van der Waals surface area contributed by atoms with Crippen molar-refractivity contribution >= 4 is 29.6 Å². The van der Waals surface area contributed by atoms with Gasteiger partial charge in [0.25, 0.3) is 11.8 Å². The molecule has 0 radical (unpaired) electrons. The van der Waals surface area contributed by atoms with Crippen molar-refractivity contribution in [3.05, 3.63) is 0 Å². The first-order valence-corrected chi connectivity index (χ1v) is 8.74. The first-order valence-electron chi connectivity index (χ1n) is 8.74. The molecule has 0 spiro atoms. The summed E-state index contributed by atoms with van der Waals surface area (Å²) in [6.45, 7) is 7.27. The third-order valence-corrected chi connectivity index (χ3v) is 4.22. The second kappa shape index (κ2) is 8.83. The number of carbonyl (C=O) groups is 5. The van der Waals surface area contributed by atoms with Gasteiger partial charge in [-0.2, -0.15) is 0 Å². The molecule has 1 fully saturated rings. The molecule has 1 aliphatic heterocycles. The molecule has 2 unspecified atom stereocenters. The van der Waals surface area contributed by atoms with Gasteiger partial charge in [0.1, 0.15) is 0 Å². The fourth-order valence-electron chi connectivity index (χ4n) is 3.12.